The molecule has 3 N–H and O–H groups in total. The second kappa shape index (κ2) is 12.2. The molecule has 0 aliphatic carbocycles. The molecule has 0 saturated heterocycles. The molecule has 0 bridgehead atoms. The minimum Gasteiger partial charge on any atom is -0.356 e. The molecule has 22 heavy (non-hydrogen) atoms. The fourth-order valence-corrected chi connectivity index (χ4v) is 1.70. The molecule has 0 unspecified atom stereocenters. The second-order valence-corrected chi connectivity index (χ2v) is 4.58. The fraction of sp³-hybridized carbons (Fsp3) is 0.467. The molecule has 1 amide bonds. The minimum absolute atomic E-state index is 0. The summed E-state index contributed by atoms with van der Waals surface area (Å²) in [5, 5.41) is 8.92. The Morgan fingerprint density at radius 3 is 2.64 bits per heavy atom. The van der Waals surface area contributed by atoms with E-state index in [2.05, 4.69) is 20.9 Å². The smallest absolute Gasteiger partial charge is 0.221 e. The number of aliphatic imine (C=N–C) groups is 1. The molecule has 0 aliphatic heterocycles. The van der Waals surface area contributed by atoms with Gasteiger partial charge in [-0.2, -0.15) is 0 Å². The number of hydrogen-bond acceptors (Lipinski definition) is 2. The summed E-state index contributed by atoms with van der Waals surface area (Å²) in [7, 11) is 1.65. The van der Waals surface area contributed by atoms with E-state index in [-0.39, 0.29) is 35.7 Å². The van der Waals surface area contributed by atoms with Gasteiger partial charge < -0.3 is 16.0 Å². The molecule has 7 heteroatoms. The van der Waals surface area contributed by atoms with Crippen LogP contribution in [0.1, 0.15) is 25.3 Å². The molecule has 0 saturated carbocycles. The van der Waals surface area contributed by atoms with E-state index < -0.39 is 0 Å². The lowest BCUT2D eigenvalue weighted by atomic mass is 10.2. The van der Waals surface area contributed by atoms with Gasteiger partial charge in [0.1, 0.15) is 5.82 Å². The predicted molar refractivity (Wildman–Crippen MR) is 97.9 cm³/mol. The highest BCUT2D eigenvalue weighted by Gasteiger charge is 2.02. The summed E-state index contributed by atoms with van der Waals surface area (Å²) < 4.78 is 13.0. The molecule has 0 fully saturated rings. The average Bonchev–Trinajstić information content (AvgIpc) is 2.48. The van der Waals surface area contributed by atoms with Gasteiger partial charge in [-0.05, 0) is 24.1 Å². The number of carbonyl (C=O) groups excluding carboxylic acids is 1. The van der Waals surface area contributed by atoms with Gasteiger partial charge in [0.05, 0.1) is 0 Å². The van der Waals surface area contributed by atoms with Crippen LogP contribution in [0.2, 0.25) is 0 Å². The molecular weight excluding hydrogens is 398 g/mol. The molecule has 1 rings (SSSR count). The van der Waals surface area contributed by atoms with Crippen LogP contribution in [0.25, 0.3) is 0 Å². The molecule has 0 radical (unpaired) electrons. The molecule has 0 aromatic heterocycles. The van der Waals surface area contributed by atoms with Crippen molar-refractivity contribution in [2.24, 2.45) is 4.99 Å². The normalized spacial score (nSPS) is 10.6. The summed E-state index contributed by atoms with van der Waals surface area (Å²) in [6.45, 7) is 3.68. The highest BCUT2D eigenvalue weighted by molar-refractivity contribution is 14.0. The Kier molecular flexibility index (Phi) is 11.4. The number of hydrogen-bond donors (Lipinski definition) is 3. The molecular formula is C15H24FIN4O. The van der Waals surface area contributed by atoms with Gasteiger partial charge >= 0.3 is 0 Å². The number of halogens is 2. The zero-order chi connectivity index (χ0) is 15.5. The van der Waals surface area contributed by atoms with Crippen LogP contribution in [0, 0.1) is 5.82 Å². The Hall–Kier alpha value is -1.38. The monoisotopic (exact) mass is 422 g/mol. The fourth-order valence-electron chi connectivity index (χ4n) is 1.70. The van der Waals surface area contributed by atoms with Gasteiger partial charge in [0.15, 0.2) is 5.96 Å². The first-order valence-electron chi connectivity index (χ1n) is 7.11. The van der Waals surface area contributed by atoms with Crippen LogP contribution < -0.4 is 16.0 Å². The number of amides is 1. The number of rotatable bonds is 7. The van der Waals surface area contributed by atoms with E-state index in [9.17, 15) is 9.18 Å². The molecule has 0 heterocycles. The maximum Gasteiger partial charge on any atom is 0.221 e. The third-order valence-corrected chi connectivity index (χ3v) is 2.79. The van der Waals surface area contributed by atoms with E-state index in [1.165, 1.54) is 12.1 Å². The van der Waals surface area contributed by atoms with Crippen molar-refractivity contribution in [3.8, 4) is 0 Å². The Balaban J connectivity index is 0.00000441. The van der Waals surface area contributed by atoms with Crippen LogP contribution >= 0.6 is 24.0 Å². The first kappa shape index (κ1) is 20.6. The predicted octanol–water partition coefficient (Wildman–Crippen LogP) is 2.03. The molecule has 0 aliphatic rings. The summed E-state index contributed by atoms with van der Waals surface area (Å²) in [5.41, 5.74) is 0.832. The summed E-state index contributed by atoms with van der Waals surface area (Å²) >= 11 is 0. The third-order valence-electron chi connectivity index (χ3n) is 2.79. The van der Waals surface area contributed by atoms with Gasteiger partial charge in [-0.15, -0.1) is 24.0 Å². The zero-order valence-corrected chi connectivity index (χ0v) is 15.3. The summed E-state index contributed by atoms with van der Waals surface area (Å²) in [4.78, 5) is 15.5. The molecule has 1 aromatic rings. The lowest BCUT2D eigenvalue weighted by Crippen LogP contribution is -2.39. The number of nitrogens with zero attached hydrogens (tertiary/aromatic N) is 1. The Morgan fingerprint density at radius 1 is 1.23 bits per heavy atom. The van der Waals surface area contributed by atoms with E-state index in [1.807, 2.05) is 13.0 Å². The first-order chi connectivity index (χ1) is 10.2. The van der Waals surface area contributed by atoms with E-state index >= 15 is 0 Å². The van der Waals surface area contributed by atoms with Crippen LogP contribution in [0.15, 0.2) is 29.3 Å². The Morgan fingerprint density at radius 2 is 2.00 bits per heavy atom. The second-order valence-electron chi connectivity index (χ2n) is 4.58. The van der Waals surface area contributed by atoms with Gasteiger partial charge in [0.25, 0.3) is 0 Å². The van der Waals surface area contributed by atoms with Gasteiger partial charge in [0.2, 0.25) is 5.91 Å². The average molecular weight is 422 g/mol. The van der Waals surface area contributed by atoms with E-state index in [0.717, 1.165) is 12.0 Å². The van der Waals surface area contributed by atoms with Gasteiger partial charge in [-0.3, -0.25) is 9.79 Å². The lowest BCUT2D eigenvalue weighted by molar-refractivity contribution is -0.120. The van der Waals surface area contributed by atoms with Crippen LogP contribution in [0.4, 0.5) is 4.39 Å². The minimum atomic E-state index is -0.259. The van der Waals surface area contributed by atoms with Crippen molar-refractivity contribution in [3.05, 3.63) is 35.6 Å². The summed E-state index contributed by atoms with van der Waals surface area (Å²) in [6, 6.07) is 6.38. The van der Waals surface area contributed by atoms with E-state index in [1.54, 1.807) is 13.1 Å². The molecule has 0 atom stereocenters. The lowest BCUT2D eigenvalue weighted by Gasteiger charge is -2.12. The zero-order valence-electron chi connectivity index (χ0n) is 13.0. The molecule has 5 nitrogen and oxygen atoms in total. The number of guanidine groups is 1. The van der Waals surface area contributed by atoms with Gasteiger partial charge in [-0.25, -0.2) is 4.39 Å². The van der Waals surface area contributed by atoms with Crippen molar-refractivity contribution in [1.82, 2.24) is 16.0 Å². The maximum atomic E-state index is 13.0. The Labute approximate surface area is 148 Å². The third kappa shape index (κ3) is 8.81. The van der Waals surface area contributed by atoms with Crippen LogP contribution in [-0.4, -0.2) is 32.0 Å². The molecule has 1 aromatic carbocycles. The van der Waals surface area contributed by atoms with Crippen molar-refractivity contribution in [3.63, 3.8) is 0 Å². The van der Waals surface area contributed by atoms with Crippen molar-refractivity contribution < 1.29 is 9.18 Å². The van der Waals surface area contributed by atoms with Crippen molar-refractivity contribution in [1.29, 1.82) is 0 Å². The Bertz CT molecular complexity index is 482. The van der Waals surface area contributed by atoms with Crippen molar-refractivity contribution in [2.75, 3.05) is 20.1 Å². The first-order valence-corrected chi connectivity index (χ1v) is 7.11. The molecule has 124 valence electrons. The number of nitrogens with one attached hydrogen (secondary N) is 3. The largest absolute Gasteiger partial charge is 0.356 e. The summed E-state index contributed by atoms with van der Waals surface area (Å²) in [6.07, 6.45) is 1.32. The van der Waals surface area contributed by atoms with Crippen LogP contribution in [0.5, 0.6) is 0 Å². The topological polar surface area (TPSA) is 65.5 Å². The number of benzene rings is 1. The SMILES string of the molecule is CCCNC(=O)CCNC(=NC)NCc1cccc(F)c1.I. The standard InChI is InChI=1S/C15H23FN4O.HI/c1-3-8-18-14(21)7-9-19-15(17-2)20-11-12-5-4-6-13(16)10-12;/h4-6,10H,3,7-9,11H2,1-2H3,(H,18,21)(H2,17,19,20);1H. The maximum absolute atomic E-state index is 13.0. The highest BCUT2D eigenvalue weighted by atomic mass is 127. The van der Waals surface area contributed by atoms with E-state index in [4.69, 9.17) is 0 Å². The van der Waals surface area contributed by atoms with E-state index in [0.29, 0.717) is 32.0 Å². The quantitative estimate of drug-likeness (QED) is 0.358. The summed E-state index contributed by atoms with van der Waals surface area (Å²) in [5.74, 6) is 0.345. The van der Waals surface area contributed by atoms with Gasteiger partial charge in [0, 0.05) is 33.1 Å². The highest BCUT2D eigenvalue weighted by Crippen LogP contribution is 2.02. The van der Waals surface area contributed by atoms with Gasteiger partial charge in [-0.1, -0.05) is 19.1 Å². The molecule has 0 spiro atoms. The van der Waals surface area contributed by atoms with Crippen molar-refractivity contribution in [2.45, 2.75) is 26.3 Å². The van der Waals surface area contributed by atoms with Crippen LogP contribution in [0.3, 0.4) is 0 Å². The van der Waals surface area contributed by atoms with Crippen LogP contribution in [-0.2, 0) is 11.3 Å². The number of carbonyl (C=O) groups is 1. The van der Waals surface area contributed by atoms with Crippen molar-refractivity contribution >= 4 is 35.8 Å².